The summed E-state index contributed by atoms with van der Waals surface area (Å²) in [5.41, 5.74) is 1.95. The molecule has 0 aliphatic carbocycles. The van der Waals surface area contributed by atoms with E-state index in [0.29, 0.717) is 13.1 Å². The van der Waals surface area contributed by atoms with E-state index in [2.05, 4.69) is 16.4 Å². The van der Waals surface area contributed by atoms with Crippen LogP contribution in [0.5, 0.6) is 0 Å². The highest BCUT2D eigenvalue weighted by molar-refractivity contribution is 5.92. The Morgan fingerprint density at radius 1 is 1.03 bits per heavy atom. The van der Waals surface area contributed by atoms with E-state index in [4.69, 9.17) is 0 Å². The predicted octanol–water partition coefficient (Wildman–Crippen LogP) is 2.58. The Bertz CT molecular complexity index is 1290. The summed E-state index contributed by atoms with van der Waals surface area (Å²) in [6.45, 7) is 4.39. The number of piperazine rings is 1. The molecule has 2 aliphatic rings. The zero-order chi connectivity index (χ0) is 25.4. The van der Waals surface area contributed by atoms with Crippen molar-refractivity contribution in [1.29, 1.82) is 0 Å². The molecule has 0 unspecified atom stereocenters. The summed E-state index contributed by atoms with van der Waals surface area (Å²) in [4.78, 5) is 47.4. The van der Waals surface area contributed by atoms with Crippen LogP contribution in [0, 0.1) is 0 Å². The van der Waals surface area contributed by atoms with Crippen molar-refractivity contribution >= 4 is 28.6 Å². The number of nitrogens with zero attached hydrogens (tertiary/aromatic N) is 5. The molecule has 2 saturated heterocycles. The lowest BCUT2D eigenvalue weighted by Gasteiger charge is -2.56. The molecule has 186 valence electrons. The summed E-state index contributed by atoms with van der Waals surface area (Å²) in [6.07, 6.45) is 2.73. The van der Waals surface area contributed by atoms with E-state index < -0.39 is 18.2 Å². The third-order valence-corrected chi connectivity index (χ3v) is 7.16. The molecule has 2 fully saturated rings. The van der Waals surface area contributed by atoms with Crippen LogP contribution in [0.15, 0.2) is 67.0 Å². The van der Waals surface area contributed by atoms with Gasteiger partial charge in [-0.05, 0) is 47.9 Å². The normalized spacial score (nSPS) is 22.6. The molecule has 0 spiro atoms. The Balaban J connectivity index is 1.45. The number of urea groups is 1. The Labute approximate surface area is 210 Å². The molecule has 9 heteroatoms. The van der Waals surface area contributed by atoms with Gasteiger partial charge in [0.15, 0.2) is 0 Å². The molecule has 1 aromatic heterocycles. The van der Waals surface area contributed by atoms with Gasteiger partial charge in [-0.25, -0.2) is 14.8 Å². The lowest BCUT2D eigenvalue weighted by Crippen LogP contribution is -2.77. The number of hydrogen-bond donors (Lipinski definition) is 1. The van der Waals surface area contributed by atoms with Gasteiger partial charge in [0.25, 0.3) is 0 Å². The Morgan fingerprint density at radius 3 is 2.53 bits per heavy atom. The van der Waals surface area contributed by atoms with E-state index >= 15 is 0 Å². The number of amides is 4. The van der Waals surface area contributed by atoms with Crippen LogP contribution in [-0.2, 0) is 22.7 Å². The zero-order valence-electron chi connectivity index (χ0n) is 20.7. The van der Waals surface area contributed by atoms with Crippen LogP contribution in [0.4, 0.5) is 4.79 Å². The van der Waals surface area contributed by atoms with E-state index in [-0.39, 0.29) is 24.4 Å². The summed E-state index contributed by atoms with van der Waals surface area (Å²) < 4.78 is 0. The van der Waals surface area contributed by atoms with Crippen molar-refractivity contribution in [2.45, 2.75) is 45.2 Å². The maximum atomic E-state index is 13.5. The number of hydrogen-bond acceptors (Lipinski definition) is 5. The fourth-order valence-electron chi connectivity index (χ4n) is 5.29. The first-order valence-corrected chi connectivity index (χ1v) is 12.1. The molecule has 36 heavy (non-hydrogen) atoms. The summed E-state index contributed by atoms with van der Waals surface area (Å²) in [7, 11) is 1.73. The van der Waals surface area contributed by atoms with Gasteiger partial charge < -0.3 is 15.1 Å². The minimum Gasteiger partial charge on any atom is -0.333 e. The van der Waals surface area contributed by atoms with Crippen LogP contribution in [0.1, 0.15) is 25.0 Å². The minimum absolute atomic E-state index is 0.0207. The lowest BCUT2D eigenvalue weighted by atomic mass is 9.99. The van der Waals surface area contributed by atoms with Crippen LogP contribution < -0.4 is 5.32 Å². The second-order valence-electron chi connectivity index (χ2n) is 9.41. The van der Waals surface area contributed by atoms with E-state index in [9.17, 15) is 14.4 Å². The van der Waals surface area contributed by atoms with Crippen molar-refractivity contribution in [1.82, 2.24) is 30.1 Å². The molecule has 0 bridgehead atoms. The smallest absolute Gasteiger partial charge is 0.333 e. The van der Waals surface area contributed by atoms with Crippen molar-refractivity contribution in [2.75, 3.05) is 13.6 Å². The maximum Gasteiger partial charge on any atom is 0.334 e. The molecule has 4 amide bonds. The molecule has 3 atom stereocenters. The van der Waals surface area contributed by atoms with E-state index in [1.54, 1.807) is 46.2 Å². The summed E-state index contributed by atoms with van der Waals surface area (Å²) in [5.74, 6) is -0.292. The van der Waals surface area contributed by atoms with Gasteiger partial charge in [-0.2, -0.15) is 0 Å². The fraction of sp³-hybridized carbons (Fsp3) is 0.333. The van der Waals surface area contributed by atoms with Gasteiger partial charge in [0, 0.05) is 32.5 Å². The largest absolute Gasteiger partial charge is 0.334 e. The number of pyridine rings is 1. The quantitative estimate of drug-likeness (QED) is 0.612. The minimum atomic E-state index is -0.683. The van der Waals surface area contributed by atoms with Crippen LogP contribution in [-0.4, -0.2) is 74.5 Å². The number of carbonyl (C=O) groups excluding carboxylic acids is 3. The van der Waals surface area contributed by atoms with Crippen LogP contribution in [0.3, 0.4) is 0 Å². The molecule has 1 N–H and O–H groups in total. The highest BCUT2D eigenvalue weighted by Gasteiger charge is 2.52. The number of aromatic nitrogens is 1. The third kappa shape index (κ3) is 4.15. The van der Waals surface area contributed by atoms with E-state index in [1.165, 1.54) is 0 Å². The molecule has 0 saturated carbocycles. The van der Waals surface area contributed by atoms with Gasteiger partial charge in [0.2, 0.25) is 11.8 Å². The van der Waals surface area contributed by atoms with Crippen molar-refractivity contribution in [3.05, 3.63) is 78.1 Å². The standard InChI is InChI=1S/C27H30N6O3/c1-18-25-32(24(34)17-30(3)33(25)27(36)29-15-20-11-13-28-14-12-20)19(2)26(35)31(18)16-22-9-6-8-21-7-4-5-10-23(21)22/h4-14,18-19,25H,15-17H2,1-3H3,(H,29,36)/t18-,19-,25-/m0/s1. The average Bonchev–Trinajstić information content (AvgIpc) is 2.88. The monoisotopic (exact) mass is 486 g/mol. The SMILES string of the molecule is C[C@H]1[C@H]2N(C(=O)CN(C)N2C(=O)NCc2ccncc2)[C@@H](C)C(=O)N1Cc1cccc2ccccc12. The number of likely N-dealkylation sites (N-methyl/N-ethyl adjacent to an activating group) is 1. The summed E-state index contributed by atoms with van der Waals surface area (Å²) in [6, 6.07) is 16.4. The van der Waals surface area contributed by atoms with Crippen molar-refractivity contribution < 1.29 is 14.4 Å². The molecule has 2 aliphatic heterocycles. The van der Waals surface area contributed by atoms with Gasteiger partial charge in [-0.3, -0.25) is 14.6 Å². The molecular weight excluding hydrogens is 456 g/mol. The first-order chi connectivity index (χ1) is 17.4. The Hall–Kier alpha value is -3.98. The second kappa shape index (κ2) is 9.58. The van der Waals surface area contributed by atoms with Crippen LogP contribution in [0.2, 0.25) is 0 Å². The van der Waals surface area contributed by atoms with Crippen molar-refractivity contribution in [2.24, 2.45) is 0 Å². The van der Waals surface area contributed by atoms with Gasteiger partial charge in [0.1, 0.15) is 12.2 Å². The number of fused-ring (bicyclic) bond motifs is 2. The molecule has 0 radical (unpaired) electrons. The number of benzene rings is 2. The van der Waals surface area contributed by atoms with Crippen molar-refractivity contribution in [3.63, 3.8) is 0 Å². The van der Waals surface area contributed by atoms with Crippen molar-refractivity contribution in [3.8, 4) is 0 Å². The predicted molar refractivity (Wildman–Crippen MR) is 135 cm³/mol. The first-order valence-electron chi connectivity index (χ1n) is 12.1. The molecule has 3 aromatic rings. The Kier molecular flexibility index (Phi) is 6.32. The first kappa shape index (κ1) is 23.7. The molecule has 9 nitrogen and oxygen atoms in total. The van der Waals surface area contributed by atoms with E-state index in [0.717, 1.165) is 21.9 Å². The second-order valence-corrected chi connectivity index (χ2v) is 9.41. The van der Waals surface area contributed by atoms with Gasteiger partial charge in [-0.15, -0.1) is 0 Å². The van der Waals surface area contributed by atoms with Gasteiger partial charge in [-0.1, -0.05) is 42.5 Å². The molecule has 2 aromatic carbocycles. The van der Waals surface area contributed by atoms with Gasteiger partial charge in [0.05, 0.1) is 12.6 Å². The lowest BCUT2D eigenvalue weighted by molar-refractivity contribution is -0.194. The van der Waals surface area contributed by atoms with Gasteiger partial charge >= 0.3 is 6.03 Å². The number of hydrazine groups is 1. The van der Waals surface area contributed by atoms with Crippen LogP contribution in [0.25, 0.3) is 10.8 Å². The van der Waals surface area contributed by atoms with Crippen LogP contribution >= 0.6 is 0 Å². The maximum absolute atomic E-state index is 13.5. The number of carbonyl (C=O) groups is 3. The zero-order valence-corrected chi connectivity index (χ0v) is 20.7. The third-order valence-electron chi connectivity index (χ3n) is 7.16. The molecular formula is C27H30N6O3. The number of rotatable bonds is 4. The highest BCUT2D eigenvalue weighted by Crippen LogP contribution is 2.32. The summed E-state index contributed by atoms with van der Waals surface area (Å²) in [5, 5.41) is 8.36. The summed E-state index contributed by atoms with van der Waals surface area (Å²) >= 11 is 0. The fourth-order valence-corrected chi connectivity index (χ4v) is 5.29. The van der Waals surface area contributed by atoms with E-state index in [1.807, 2.05) is 55.5 Å². The Morgan fingerprint density at radius 2 is 1.75 bits per heavy atom. The number of nitrogens with one attached hydrogen (secondary N) is 1. The average molecular weight is 487 g/mol. The highest BCUT2D eigenvalue weighted by atomic mass is 16.2. The molecule has 5 rings (SSSR count). The molecule has 3 heterocycles. The topological polar surface area (TPSA) is 89.1 Å².